The Morgan fingerprint density at radius 3 is 2.95 bits per heavy atom. The Kier molecular flexibility index (Phi) is 6.30. The first-order chi connectivity index (χ1) is 9.69. The first-order valence-electron chi connectivity index (χ1n) is 7.39. The molecule has 0 radical (unpaired) electrons. The van der Waals surface area contributed by atoms with Crippen LogP contribution in [0.2, 0.25) is 0 Å². The van der Waals surface area contributed by atoms with Gasteiger partial charge < -0.3 is 10.1 Å². The van der Waals surface area contributed by atoms with Gasteiger partial charge in [-0.15, -0.1) is 11.6 Å². The summed E-state index contributed by atoms with van der Waals surface area (Å²) < 4.78 is 5.82. The molecule has 1 aromatic rings. The van der Waals surface area contributed by atoms with Gasteiger partial charge >= 0.3 is 0 Å². The lowest BCUT2D eigenvalue weighted by Crippen LogP contribution is -2.48. The van der Waals surface area contributed by atoms with Gasteiger partial charge in [-0.25, -0.2) is 0 Å². The van der Waals surface area contributed by atoms with Crippen LogP contribution in [-0.2, 0) is 17.2 Å². The Morgan fingerprint density at radius 1 is 1.40 bits per heavy atom. The molecule has 1 aliphatic rings. The fourth-order valence-corrected chi connectivity index (χ4v) is 2.70. The van der Waals surface area contributed by atoms with Gasteiger partial charge in [-0.3, -0.25) is 4.90 Å². The van der Waals surface area contributed by atoms with Gasteiger partial charge in [-0.1, -0.05) is 24.3 Å². The van der Waals surface area contributed by atoms with E-state index in [9.17, 15) is 0 Å². The summed E-state index contributed by atoms with van der Waals surface area (Å²) in [6.07, 6.45) is 0.294. The molecule has 0 aromatic heterocycles. The monoisotopic (exact) mass is 296 g/mol. The van der Waals surface area contributed by atoms with E-state index in [1.54, 1.807) is 0 Å². The molecular formula is C16H25ClN2O. The van der Waals surface area contributed by atoms with Gasteiger partial charge in [0.2, 0.25) is 0 Å². The largest absolute Gasteiger partial charge is 0.374 e. The van der Waals surface area contributed by atoms with Crippen molar-refractivity contribution in [1.82, 2.24) is 10.2 Å². The first-order valence-corrected chi connectivity index (χ1v) is 7.92. The van der Waals surface area contributed by atoms with Crippen molar-refractivity contribution in [3.8, 4) is 0 Å². The molecule has 1 aliphatic heterocycles. The summed E-state index contributed by atoms with van der Waals surface area (Å²) in [5, 5.41) is 3.49. The van der Waals surface area contributed by atoms with Gasteiger partial charge in [0.05, 0.1) is 12.7 Å². The van der Waals surface area contributed by atoms with Crippen molar-refractivity contribution in [3.05, 3.63) is 35.4 Å². The van der Waals surface area contributed by atoms with Crippen molar-refractivity contribution < 1.29 is 4.74 Å². The summed E-state index contributed by atoms with van der Waals surface area (Å²) in [4.78, 5) is 2.48. The predicted molar refractivity (Wildman–Crippen MR) is 84.2 cm³/mol. The highest BCUT2D eigenvalue weighted by Crippen LogP contribution is 2.10. The van der Waals surface area contributed by atoms with E-state index in [1.807, 2.05) is 0 Å². The Balaban J connectivity index is 1.75. The summed E-state index contributed by atoms with van der Waals surface area (Å²) in [5.41, 5.74) is 2.45. The Labute approximate surface area is 127 Å². The van der Waals surface area contributed by atoms with Gasteiger partial charge in [0.25, 0.3) is 0 Å². The fourth-order valence-electron chi connectivity index (χ4n) is 2.53. The third kappa shape index (κ3) is 4.74. The smallest absolute Gasteiger partial charge is 0.0826 e. The Hall–Kier alpha value is -0.610. The molecule has 2 rings (SSSR count). The molecule has 112 valence electrons. The van der Waals surface area contributed by atoms with Crippen LogP contribution in [0.5, 0.6) is 0 Å². The lowest BCUT2D eigenvalue weighted by Gasteiger charge is -2.35. The molecular weight excluding hydrogens is 272 g/mol. The van der Waals surface area contributed by atoms with Crippen LogP contribution in [0.1, 0.15) is 25.0 Å². The zero-order chi connectivity index (χ0) is 14.4. The molecule has 1 fully saturated rings. The minimum Gasteiger partial charge on any atom is -0.374 e. The maximum Gasteiger partial charge on any atom is 0.0826 e. The summed E-state index contributed by atoms with van der Waals surface area (Å²) in [6, 6.07) is 9.00. The molecule has 0 saturated carbocycles. The van der Waals surface area contributed by atoms with Crippen LogP contribution in [0.3, 0.4) is 0 Å². The maximum atomic E-state index is 5.85. The minimum atomic E-state index is 0.294. The molecule has 0 aliphatic carbocycles. The number of hydrogen-bond donors (Lipinski definition) is 1. The van der Waals surface area contributed by atoms with Crippen LogP contribution in [0.4, 0.5) is 0 Å². The van der Waals surface area contributed by atoms with Crippen molar-refractivity contribution in [3.63, 3.8) is 0 Å². The van der Waals surface area contributed by atoms with Gasteiger partial charge in [-0.2, -0.15) is 0 Å². The molecule has 0 bridgehead atoms. The van der Waals surface area contributed by atoms with E-state index in [1.165, 1.54) is 11.1 Å². The minimum absolute atomic E-state index is 0.294. The average molecular weight is 297 g/mol. The summed E-state index contributed by atoms with van der Waals surface area (Å²) in [7, 11) is 0. The number of halogens is 1. The van der Waals surface area contributed by atoms with Crippen molar-refractivity contribution in [1.29, 1.82) is 0 Å². The zero-order valence-electron chi connectivity index (χ0n) is 12.4. The number of benzene rings is 1. The van der Waals surface area contributed by atoms with E-state index in [2.05, 4.69) is 48.3 Å². The average Bonchev–Trinajstić information content (AvgIpc) is 2.48. The fraction of sp³-hybridized carbons (Fsp3) is 0.625. The van der Waals surface area contributed by atoms with Crippen LogP contribution in [0.25, 0.3) is 0 Å². The lowest BCUT2D eigenvalue weighted by molar-refractivity contribution is -0.0372. The van der Waals surface area contributed by atoms with E-state index < -0.39 is 0 Å². The molecule has 0 spiro atoms. The highest BCUT2D eigenvalue weighted by Gasteiger charge is 2.21. The summed E-state index contributed by atoms with van der Waals surface area (Å²) >= 11 is 5.85. The molecule has 1 unspecified atom stereocenters. The van der Waals surface area contributed by atoms with Crippen LogP contribution in [-0.4, -0.2) is 43.3 Å². The van der Waals surface area contributed by atoms with E-state index in [4.69, 9.17) is 16.3 Å². The molecule has 0 amide bonds. The second-order valence-corrected chi connectivity index (χ2v) is 5.93. The van der Waals surface area contributed by atoms with E-state index in [0.29, 0.717) is 18.0 Å². The number of nitrogens with one attached hydrogen (secondary N) is 1. The van der Waals surface area contributed by atoms with Gasteiger partial charge in [0, 0.05) is 38.1 Å². The zero-order valence-corrected chi connectivity index (χ0v) is 13.2. The number of morpholine rings is 1. The quantitative estimate of drug-likeness (QED) is 0.817. The number of nitrogens with zero attached hydrogens (tertiary/aromatic N) is 1. The van der Waals surface area contributed by atoms with Crippen LogP contribution < -0.4 is 5.32 Å². The molecule has 20 heavy (non-hydrogen) atoms. The molecule has 1 N–H and O–H groups in total. The Bertz CT molecular complexity index is 411. The molecule has 3 nitrogen and oxygen atoms in total. The molecule has 1 aromatic carbocycles. The number of hydrogen-bond acceptors (Lipinski definition) is 3. The predicted octanol–water partition coefficient (Wildman–Crippen LogP) is 2.62. The van der Waals surface area contributed by atoms with E-state index >= 15 is 0 Å². The molecule has 1 saturated heterocycles. The van der Waals surface area contributed by atoms with Crippen molar-refractivity contribution in [2.24, 2.45) is 0 Å². The van der Waals surface area contributed by atoms with Crippen molar-refractivity contribution in [2.45, 2.75) is 38.4 Å². The van der Waals surface area contributed by atoms with Crippen LogP contribution >= 0.6 is 11.6 Å². The van der Waals surface area contributed by atoms with Gasteiger partial charge in [0.1, 0.15) is 0 Å². The third-order valence-corrected chi connectivity index (χ3v) is 4.06. The third-order valence-electron chi connectivity index (χ3n) is 3.75. The van der Waals surface area contributed by atoms with Gasteiger partial charge in [0.15, 0.2) is 0 Å². The summed E-state index contributed by atoms with van der Waals surface area (Å²) in [5.74, 6) is 0.572. The maximum absolute atomic E-state index is 5.85. The van der Waals surface area contributed by atoms with Crippen molar-refractivity contribution in [2.75, 3.05) is 26.2 Å². The highest BCUT2D eigenvalue weighted by atomic mass is 35.5. The topological polar surface area (TPSA) is 24.5 Å². The van der Waals surface area contributed by atoms with Crippen LogP contribution in [0, 0.1) is 0 Å². The second kappa shape index (κ2) is 7.99. The van der Waals surface area contributed by atoms with E-state index in [-0.39, 0.29) is 0 Å². The highest BCUT2D eigenvalue weighted by molar-refractivity contribution is 6.17. The standard InChI is InChI=1S/C16H25ClN2O/c1-13(2)19-6-7-20-16(12-19)11-18-10-15-5-3-4-14(8-15)9-17/h3-5,8,13,16,18H,6-7,9-12H2,1-2H3. The first kappa shape index (κ1) is 15.8. The Morgan fingerprint density at radius 2 is 2.20 bits per heavy atom. The molecule has 4 heteroatoms. The molecule has 1 atom stereocenters. The van der Waals surface area contributed by atoms with Crippen LogP contribution in [0.15, 0.2) is 24.3 Å². The number of alkyl halides is 1. The number of ether oxygens (including phenoxy) is 1. The van der Waals surface area contributed by atoms with E-state index in [0.717, 1.165) is 32.8 Å². The summed E-state index contributed by atoms with van der Waals surface area (Å²) in [6.45, 7) is 9.16. The van der Waals surface area contributed by atoms with Crippen molar-refractivity contribution >= 4 is 11.6 Å². The SMILES string of the molecule is CC(C)N1CCOC(CNCc2cccc(CCl)c2)C1. The second-order valence-electron chi connectivity index (χ2n) is 5.67. The number of rotatable bonds is 6. The lowest BCUT2D eigenvalue weighted by atomic mass is 10.1. The molecule has 1 heterocycles. The normalized spacial score (nSPS) is 20.5. The van der Waals surface area contributed by atoms with Gasteiger partial charge in [-0.05, 0) is 25.0 Å².